The molecule has 0 aromatic heterocycles. The number of halogens is 3. The van der Waals surface area contributed by atoms with E-state index in [0.29, 0.717) is 0 Å². The molecule has 0 bridgehead atoms. The van der Waals surface area contributed by atoms with E-state index >= 15 is 0 Å². The van der Waals surface area contributed by atoms with Crippen molar-refractivity contribution in [3.05, 3.63) is 0 Å². The van der Waals surface area contributed by atoms with E-state index in [4.69, 9.17) is 0 Å². The summed E-state index contributed by atoms with van der Waals surface area (Å²) in [7, 11) is 0. The van der Waals surface area contributed by atoms with Crippen molar-refractivity contribution < 1.29 is 0 Å². The maximum absolute atomic E-state index is 0. The van der Waals surface area contributed by atoms with Crippen LogP contribution in [0.25, 0.3) is 0 Å². The fourth-order valence-electron chi connectivity index (χ4n) is 0. The van der Waals surface area contributed by atoms with E-state index in [1.54, 1.807) is 0 Å². The summed E-state index contributed by atoms with van der Waals surface area (Å²) in [6, 6.07) is 0. The molecule has 0 aromatic carbocycles. The van der Waals surface area contributed by atoms with Crippen molar-refractivity contribution in [2.45, 2.75) is 0 Å². The Morgan fingerprint density at radius 2 is 0.857 bits per heavy atom. The number of hydrogen-bond donors (Lipinski definition) is 0. The smallest absolute Gasteiger partial charge is 0.316 e. The quantitative estimate of drug-likeness (QED) is 0.285. The van der Waals surface area contributed by atoms with Crippen LogP contribution >= 0.6 is 57.9 Å². The van der Waals surface area contributed by atoms with Crippen molar-refractivity contribution in [2.75, 3.05) is 0 Å². The minimum atomic E-state index is 0. The Labute approximate surface area is 200 Å². The topological polar surface area (TPSA) is 0 Å². The Morgan fingerprint density at radius 1 is 0.857 bits per heavy atom. The van der Waals surface area contributed by atoms with E-state index in [2.05, 4.69) is 0 Å². The Morgan fingerprint density at radius 3 is 0.857 bits per heavy atom. The second-order valence-corrected chi connectivity index (χ2v) is 0. The van der Waals surface area contributed by atoms with Gasteiger partial charge in [-0.15, -0.1) is 57.9 Å². The van der Waals surface area contributed by atoms with Crippen LogP contribution < -0.4 is 0 Å². The summed E-state index contributed by atoms with van der Waals surface area (Å²) in [5, 5.41) is 0. The van der Waals surface area contributed by atoms with Gasteiger partial charge in [0.15, 0.2) is 0 Å². The summed E-state index contributed by atoms with van der Waals surface area (Å²) in [6.45, 7) is 0. The Bertz CT molecular complexity index is 17.7. The van der Waals surface area contributed by atoms with Gasteiger partial charge in [-0.25, -0.2) is 0 Å². The predicted molar refractivity (Wildman–Crippen MR) is 67.4 cm³/mol. The van der Waals surface area contributed by atoms with Crippen LogP contribution in [-0.4, -0.2) is 149 Å². The molecule has 0 radical (unpaired) electrons. The molecule has 0 aliphatic rings. The van der Waals surface area contributed by atoms with Gasteiger partial charge in [-0.1, -0.05) is 0 Å². The Balaban J connectivity index is 0. The minimum absolute atomic E-state index is 0. The van der Waals surface area contributed by atoms with Crippen LogP contribution in [0.5, 0.6) is 0 Å². The molecule has 0 spiro atoms. The standard InChI is InChI=1S/2BrH.Ca.Cs.HI.Li.Mg.6H/h2*1H;;;1H;;;;;;;;. The fraction of sp³-hybridized carbons (Fsp3) is 0. The number of rotatable bonds is 0. The third-order valence-corrected chi connectivity index (χ3v) is 0. The van der Waals surface area contributed by atoms with Crippen molar-refractivity contribution in [1.82, 2.24) is 0 Å². The largest absolute Gasteiger partial charge is 0.316 e. The van der Waals surface area contributed by atoms with Crippen LogP contribution in [-0.2, 0) is 0 Å². The summed E-state index contributed by atoms with van der Waals surface area (Å²) in [4.78, 5) is 0. The molecule has 0 aliphatic carbocycles. The van der Waals surface area contributed by atoms with Crippen LogP contribution in [0.1, 0.15) is 0 Å². The first kappa shape index (κ1) is 50.4. The van der Waals surface area contributed by atoms with Crippen LogP contribution in [0.2, 0.25) is 0 Å². The van der Waals surface area contributed by atoms with Gasteiger partial charge < -0.3 is 0 Å². The van der Waals surface area contributed by atoms with E-state index in [1.165, 1.54) is 0 Å². The molecule has 0 heterocycles. The molecule has 0 N–H and O–H groups in total. The van der Waals surface area contributed by atoms with Crippen molar-refractivity contribution in [3.63, 3.8) is 0 Å². The van der Waals surface area contributed by atoms with Gasteiger partial charge in [-0.3, -0.25) is 0 Å². The summed E-state index contributed by atoms with van der Waals surface area (Å²) in [6.07, 6.45) is 0. The summed E-state index contributed by atoms with van der Waals surface area (Å²) in [5.74, 6) is 0. The second-order valence-electron chi connectivity index (χ2n) is 0. The molecule has 0 atom stereocenters. The normalized spacial score (nSPS) is 0. The summed E-state index contributed by atoms with van der Waals surface area (Å²) in [5.41, 5.74) is 0. The van der Waals surface area contributed by atoms with Gasteiger partial charge in [0.1, 0.15) is 0 Å². The van der Waals surface area contributed by atoms with Crippen molar-refractivity contribution in [2.24, 2.45) is 0 Å². The van der Waals surface area contributed by atoms with E-state index in [0.717, 1.165) is 0 Å². The van der Waals surface area contributed by atoms with Crippen LogP contribution in [0, 0.1) is 0 Å². The molecule has 7 heavy (non-hydrogen) atoms. The van der Waals surface area contributed by atoms with Gasteiger partial charge in [0, 0.05) is 0 Å². The van der Waals surface area contributed by atoms with Crippen LogP contribution in [0.15, 0.2) is 0 Å². The third-order valence-electron chi connectivity index (χ3n) is 0. The van der Waals surface area contributed by atoms with E-state index in [9.17, 15) is 0 Å². The molecule has 0 nitrogen and oxygen atoms in total. The van der Waals surface area contributed by atoms with E-state index in [1.807, 2.05) is 0 Å². The van der Waals surface area contributed by atoms with Crippen molar-refractivity contribution >= 4 is 206 Å². The van der Waals surface area contributed by atoms with Gasteiger partial charge >= 0.3 is 149 Å². The zero-order valence-electron chi connectivity index (χ0n) is 1.22. The summed E-state index contributed by atoms with van der Waals surface area (Å²) < 4.78 is 0. The van der Waals surface area contributed by atoms with Crippen LogP contribution in [0.3, 0.4) is 0 Å². The van der Waals surface area contributed by atoms with E-state index < -0.39 is 0 Å². The molecule has 0 unspecified atom stereocenters. The fourth-order valence-corrected chi connectivity index (χ4v) is 0. The average molecular weight is 500 g/mol. The maximum atomic E-state index is 0. The van der Waals surface area contributed by atoms with Crippen molar-refractivity contribution in [3.8, 4) is 0 Å². The molecular weight excluding hydrogens is 491 g/mol. The third kappa shape index (κ3) is 32.8. The second kappa shape index (κ2) is 39.4. The molecule has 0 amide bonds. The molecular formula is H9Br2CaCsILiMg. The molecule has 36 valence electrons. The maximum Gasteiger partial charge on any atom is 0.316 e. The molecule has 0 saturated heterocycles. The van der Waals surface area contributed by atoms with E-state index in [-0.39, 0.29) is 206 Å². The molecule has 0 rings (SSSR count). The predicted octanol–water partition coefficient (Wildman–Crippen LogP) is -1.36. The SMILES string of the molecule is Br.Br.I.[CaH2].[CsH].[LiH].[MgH2]. The first-order valence-corrected chi connectivity index (χ1v) is 0. The minimum Gasteiger partial charge on any atom is 0.316 e. The van der Waals surface area contributed by atoms with Gasteiger partial charge in [-0.2, -0.15) is 0 Å². The first-order valence-electron chi connectivity index (χ1n) is 0. The summed E-state index contributed by atoms with van der Waals surface area (Å²) >= 11 is 0. The molecule has 0 saturated carbocycles. The Kier molecular flexibility index (Phi) is 284. The Hall–Kier alpha value is 6.37. The zero-order chi connectivity index (χ0) is 0. The van der Waals surface area contributed by atoms with Crippen LogP contribution in [0.4, 0.5) is 0 Å². The van der Waals surface area contributed by atoms with Gasteiger partial charge in [0.2, 0.25) is 0 Å². The van der Waals surface area contributed by atoms with Gasteiger partial charge in [-0.05, 0) is 0 Å². The molecule has 7 heteroatoms. The molecule has 0 fully saturated rings. The zero-order valence-corrected chi connectivity index (χ0v) is 6.98. The average Bonchev–Trinajstić information content (AvgIpc) is 0. The van der Waals surface area contributed by atoms with Gasteiger partial charge in [0.05, 0.1) is 0 Å². The van der Waals surface area contributed by atoms with Gasteiger partial charge in [0.25, 0.3) is 0 Å². The molecule has 0 aliphatic heterocycles. The monoisotopic (exact) mass is 498 g/mol. The van der Waals surface area contributed by atoms with Crippen molar-refractivity contribution in [1.29, 1.82) is 0 Å². The first-order chi connectivity index (χ1) is 0. The molecule has 0 aromatic rings. The number of hydrogen-bond acceptors (Lipinski definition) is 0.